The number of hydrogen-bond donors (Lipinski definition) is 4. The molecule has 0 saturated heterocycles. The maximum atomic E-state index is 13.8. The summed E-state index contributed by atoms with van der Waals surface area (Å²) in [5, 5.41) is 15.7. The Labute approximate surface area is 225 Å². The Morgan fingerprint density at radius 3 is 2.32 bits per heavy atom. The first-order valence-corrected chi connectivity index (χ1v) is 13.1. The number of anilines is 1. The highest BCUT2D eigenvalue weighted by Crippen LogP contribution is 2.29. The molecule has 3 amide bonds. The van der Waals surface area contributed by atoms with Crippen LogP contribution in [0.25, 0.3) is 0 Å². The quantitative estimate of drug-likeness (QED) is 0.319. The second-order valence-electron chi connectivity index (χ2n) is 10.0. The van der Waals surface area contributed by atoms with Gasteiger partial charge < -0.3 is 25.4 Å². The number of alkyl carbamates (subject to hydrolysis) is 1. The Kier molecular flexibility index (Phi) is 10.9. The van der Waals surface area contributed by atoms with Gasteiger partial charge in [-0.2, -0.15) is 12.6 Å². The van der Waals surface area contributed by atoms with Gasteiger partial charge in [-0.15, -0.1) is 0 Å². The fourth-order valence-corrected chi connectivity index (χ4v) is 4.01. The van der Waals surface area contributed by atoms with Crippen LogP contribution in [0.15, 0.2) is 42.5 Å². The zero-order chi connectivity index (χ0) is 27.8. The number of unbranched alkanes of at least 4 members (excludes halogenated alkanes) is 1. The maximum Gasteiger partial charge on any atom is 0.408 e. The van der Waals surface area contributed by atoms with Crippen LogP contribution in [0.4, 0.5) is 10.5 Å². The van der Waals surface area contributed by atoms with E-state index in [-0.39, 0.29) is 18.0 Å². The molecular weight excluding hydrogens is 490 g/mol. The fraction of sp³-hybridized carbons (Fsp3) is 0.464. The maximum absolute atomic E-state index is 13.8. The topological polar surface area (TPSA) is 108 Å². The van der Waals surface area contributed by atoms with Crippen LogP contribution in [0.1, 0.15) is 63.3 Å². The molecule has 0 bridgehead atoms. The Balaban J connectivity index is 2.51. The molecule has 0 fully saturated rings. The van der Waals surface area contributed by atoms with Crippen molar-refractivity contribution in [3.8, 4) is 5.75 Å². The molecule has 0 radical (unpaired) electrons. The van der Waals surface area contributed by atoms with Crippen molar-refractivity contribution >= 4 is 36.2 Å². The van der Waals surface area contributed by atoms with Crippen molar-refractivity contribution in [2.45, 2.75) is 72.1 Å². The van der Waals surface area contributed by atoms with Crippen molar-refractivity contribution in [3.05, 3.63) is 59.2 Å². The highest BCUT2D eigenvalue weighted by atomic mass is 32.1. The average molecular weight is 530 g/mol. The molecule has 9 heteroatoms. The normalized spacial score (nSPS) is 12.8. The molecule has 3 N–H and O–H groups in total. The van der Waals surface area contributed by atoms with Gasteiger partial charge in [0.1, 0.15) is 23.4 Å². The highest BCUT2D eigenvalue weighted by molar-refractivity contribution is 7.80. The number of para-hydroxylation sites is 1. The second-order valence-corrected chi connectivity index (χ2v) is 10.4. The van der Waals surface area contributed by atoms with Gasteiger partial charge in [-0.25, -0.2) is 4.79 Å². The van der Waals surface area contributed by atoms with Gasteiger partial charge in [-0.3, -0.25) is 9.59 Å². The van der Waals surface area contributed by atoms with Gasteiger partial charge in [0.15, 0.2) is 0 Å². The number of carbonyl (C=O) groups is 3. The molecule has 0 spiro atoms. The standard InChI is InChI=1S/C28H39N3O5S/c1-7-8-15-31(26(34)22(17-37)30-27(35)36-28(4,5)6)24(20-13-14-23(32)19(3)16-20)25(33)29-21-12-10-9-11-18(21)2/h9-14,16,22,24,32,37H,7-8,15,17H2,1-6H3,(H,29,33)(H,30,35). The summed E-state index contributed by atoms with van der Waals surface area (Å²) in [7, 11) is 0. The monoisotopic (exact) mass is 529 g/mol. The van der Waals surface area contributed by atoms with Crippen molar-refractivity contribution in [2.24, 2.45) is 0 Å². The number of thiol groups is 1. The van der Waals surface area contributed by atoms with E-state index >= 15 is 0 Å². The molecule has 37 heavy (non-hydrogen) atoms. The minimum absolute atomic E-state index is 0.0153. The molecule has 2 aromatic rings. The van der Waals surface area contributed by atoms with E-state index in [4.69, 9.17) is 4.74 Å². The third kappa shape index (κ3) is 8.70. The van der Waals surface area contributed by atoms with E-state index in [9.17, 15) is 19.5 Å². The van der Waals surface area contributed by atoms with E-state index in [1.165, 1.54) is 11.0 Å². The van der Waals surface area contributed by atoms with Crippen molar-refractivity contribution < 1.29 is 24.2 Å². The number of carbonyl (C=O) groups excluding carboxylic acids is 3. The number of hydrogen-bond acceptors (Lipinski definition) is 6. The first kappa shape index (κ1) is 30.0. The van der Waals surface area contributed by atoms with Crippen LogP contribution in [0.3, 0.4) is 0 Å². The number of ether oxygens (including phenoxy) is 1. The molecule has 0 aliphatic carbocycles. The molecular formula is C28H39N3O5S. The van der Waals surface area contributed by atoms with Crippen LogP contribution in [0, 0.1) is 13.8 Å². The van der Waals surface area contributed by atoms with Gasteiger partial charge >= 0.3 is 6.09 Å². The second kappa shape index (κ2) is 13.4. The van der Waals surface area contributed by atoms with Crippen LogP contribution in [-0.2, 0) is 14.3 Å². The number of phenols is 1. The minimum Gasteiger partial charge on any atom is -0.508 e. The molecule has 0 heterocycles. The van der Waals surface area contributed by atoms with E-state index in [1.54, 1.807) is 45.9 Å². The number of amides is 3. The number of nitrogens with one attached hydrogen (secondary N) is 2. The van der Waals surface area contributed by atoms with Crippen LogP contribution in [0.2, 0.25) is 0 Å². The number of nitrogens with zero attached hydrogens (tertiary/aromatic N) is 1. The van der Waals surface area contributed by atoms with Gasteiger partial charge in [0.25, 0.3) is 5.91 Å². The predicted octanol–water partition coefficient (Wildman–Crippen LogP) is 5.14. The number of benzene rings is 2. The summed E-state index contributed by atoms with van der Waals surface area (Å²) < 4.78 is 5.33. The van der Waals surface area contributed by atoms with Gasteiger partial charge in [-0.1, -0.05) is 37.6 Å². The summed E-state index contributed by atoms with van der Waals surface area (Å²) >= 11 is 4.31. The van der Waals surface area contributed by atoms with Crippen molar-refractivity contribution in [1.82, 2.24) is 10.2 Å². The Morgan fingerprint density at radius 1 is 1.08 bits per heavy atom. The highest BCUT2D eigenvalue weighted by Gasteiger charge is 2.36. The lowest BCUT2D eigenvalue weighted by atomic mass is 9.99. The summed E-state index contributed by atoms with van der Waals surface area (Å²) in [6, 6.07) is 10.2. The van der Waals surface area contributed by atoms with E-state index in [1.807, 2.05) is 32.0 Å². The Morgan fingerprint density at radius 2 is 1.76 bits per heavy atom. The Hall–Kier alpha value is -3.20. The average Bonchev–Trinajstić information content (AvgIpc) is 2.82. The van der Waals surface area contributed by atoms with Gasteiger partial charge in [0, 0.05) is 18.0 Å². The first-order chi connectivity index (χ1) is 17.4. The van der Waals surface area contributed by atoms with E-state index in [2.05, 4.69) is 23.3 Å². The van der Waals surface area contributed by atoms with Crippen LogP contribution >= 0.6 is 12.6 Å². The van der Waals surface area contributed by atoms with Crippen LogP contribution in [-0.4, -0.2) is 51.9 Å². The largest absolute Gasteiger partial charge is 0.508 e. The third-order valence-electron chi connectivity index (χ3n) is 5.71. The van der Waals surface area contributed by atoms with E-state index in [0.29, 0.717) is 23.2 Å². The predicted molar refractivity (Wildman–Crippen MR) is 149 cm³/mol. The molecule has 8 nitrogen and oxygen atoms in total. The van der Waals surface area contributed by atoms with Gasteiger partial charge in [-0.05, 0) is 75.9 Å². The van der Waals surface area contributed by atoms with Crippen molar-refractivity contribution in [3.63, 3.8) is 0 Å². The molecule has 0 saturated carbocycles. The molecule has 0 aliphatic heterocycles. The summed E-state index contributed by atoms with van der Waals surface area (Å²) in [5.41, 5.74) is 1.89. The van der Waals surface area contributed by atoms with Crippen LogP contribution < -0.4 is 10.6 Å². The number of phenolic OH excluding ortho intramolecular Hbond substituents is 1. The molecule has 2 aromatic carbocycles. The van der Waals surface area contributed by atoms with Crippen molar-refractivity contribution in [2.75, 3.05) is 17.6 Å². The lowest BCUT2D eigenvalue weighted by molar-refractivity contribution is -0.140. The number of aromatic hydroxyl groups is 1. The molecule has 0 aliphatic rings. The van der Waals surface area contributed by atoms with Gasteiger partial charge in [0.2, 0.25) is 5.91 Å². The summed E-state index contributed by atoms with van der Waals surface area (Å²) in [5.74, 6) is -0.751. The number of aryl methyl sites for hydroxylation is 2. The lowest BCUT2D eigenvalue weighted by Crippen LogP contribution is -2.53. The van der Waals surface area contributed by atoms with E-state index in [0.717, 1.165) is 12.0 Å². The number of rotatable bonds is 10. The molecule has 2 atom stereocenters. The van der Waals surface area contributed by atoms with Gasteiger partial charge in [0.05, 0.1) is 0 Å². The molecule has 2 rings (SSSR count). The third-order valence-corrected chi connectivity index (χ3v) is 6.07. The minimum atomic E-state index is -1.01. The SMILES string of the molecule is CCCCN(C(=O)C(CS)NC(=O)OC(C)(C)C)C(C(=O)Nc1ccccc1C)c1ccc(O)c(C)c1. The lowest BCUT2D eigenvalue weighted by Gasteiger charge is -2.34. The smallest absolute Gasteiger partial charge is 0.408 e. The molecule has 202 valence electrons. The fourth-order valence-electron chi connectivity index (χ4n) is 3.77. The summed E-state index contributed by atoms with van der Waals surface area (Å²) in [4.78, 5) is 41.6. The molecule has 0 aromatic heterocycles. The zero-order valence-corrected chi connectivity index (χ0v) is 23.4. The zero-order valence-electron chi connectivity index (χ0n) is 22.5. The Bertz CT molecular complexity index is 1100. The summed E-state index contributed by atoms with van der Waals surface area (Å²) in [6.07, 6.45) is 0.690. The first-order valence-electron chi connectivity index (χ1n) is 12.4. The van der Waals surface area contributed by atoms with Crippen molar-refractivity contribution in [1.29, 1.82) is 0 Å². The molecule has 2 unspecified atom stereocenters. The van der Waals surface area contributed by atoms with E-state index < -0.39 is 35.6 Å². The van der Waals surface area contributed by atoms with Crippen LogP contribution in [0.5, 0.6) is 5.75 Å². The summed E-state index contributed by atoms with van der Waals surface area (Å²) in [6.45, 7) is 11.1.